The molecule has 1 aromatic heterocycles. The van der Waals surface area contributed by atoms with E-state index >= 15 is 0 Å². The highest BCUT2D eigenvalue weighted by Crippen LogP contribution is 2.31. The van der Waals surface area contributed by atoms with Crippen LogP contribution in [0, 0.1) is 12.7 Å². The number of nitrogens with zero attached hydrogens (tertiary/aromatic N) is 3. The number of sulfone groups is 1. The third-order valence-corrected chi connectivity index (χ3v) is 7.64. The van der Waals surface area contributed by atoms with Gasteiger partial charge in [-0.15, -0.1) is 0 Å². The summed E-state index contributed by atoms with van der Waals surface area (Å²) in [5, 5.41) is 3.84. The Labute approximate surface area is 280 Å². The number of aromatic nitrogens is 2. The van der Waals surface area contributed by atoms with Crippen LogP contribution in [0.1, 0.15) is 52.7 Å². The lowest BCUT2D eigenvalue weighted by Gasteiger charge is -2.29. The fraction of sp³-hybridized carbons (Fsp3) is 0.455. The molecule has 2 aromatic carbocycles. The molecule has 0 spiro atoms. The maximum atomic E-state index is 14.8. The quantitative estimate of drug-likeness (QED) is 0.132. The molecule has 0 bridgehead atoms. The van der Waals surface area contributed by atoms with E-state index in [1.165, 1.54) is 17.9 Å². The zero-order valence-corrected chi connectivity index (χ0v) is 30.6. The maximum Gasteiger partial charge on any atom is 0.224 e. The minimum atomic E-state index is -3.34. The van der Waals surface area contributed by atoms with Crippen LogP contribution in [-0.2, 0) is 21.1 Å². The molecule has 3 N–H and O–H groups in total. The highest BCUT2D eigenvalue weighted by Gasteiger charge is 2.19. The molecular formula is C33H51ClFN5O3S2. The first-order valence-corrected chi connectivity index (χ1v) is 18.2. The Hall–Kier alpha value is -2.70. The van der Waals surface area contributed by atoms with Gasteiger partial charge in [0.25, 0.3) is 0 Å². The first-order chi connectivity index (χ1) is 21.5. The van der Waals surface area contributed by atoms with Crippen molar-refractivity contribution in [3.63, 3.8) is 0 Å². The molecule has 1 aliphatic heterocycles. The van der Waals surface area contributed by atoms with Gasteiger partial charge in [0.15, 0.2) is 9.84 Å². The summed E-state index contributed by atoms with van der Waals surface area (Å²) >= 11 is 9.60. The van der Waals surface area contributed by atoms with Gasteiger partial charge in [-0.1, -0.05) is 63.6 Å². The molecule has 0 saturated carbocycles. The number of halogens is 2. The van der Waals surface area contributed by atoms with E-state index in [2.05, 4.69) is 27.9 Å². The van der Waals surface area contributed by atoms with Crippen LogP contribution in [0.2, 0.25) is 5.28 Å². The smallest absolute Gasteiger partial charge is 0.224 e. The highest BCUT2D eigenvalue weighted by molar-refractivity contribution is 7.90. The van der Waals surface area contributed by atoms with Gasteiger partial charge in [0, 0.05) is 43.9 Å². The van der Waals surface area contributed by atoms with Crippen LogP contribution in [0.15, 0.2) is 59.0 Å². The largest absolute Gasteiger partial charge is 0.378 e. The molecule has 4 rings (SSSR count). The Morgan fingerprint density at radius 2 is 1.78 bits per heavy atom. The standard InChI is InChI=1S/C21H22ClFN4O3S.C7H13N.2C2H6.CH4S/c1-13-14(4-3-5-19(13)31(2,28)29)12-24-20-15-10-18(27-6-8-30-9-7-27)16(23)11-17(15)25-21(22)26-20;1-3-4-5-7(2)6-8;3*1-2/h3-5,10-11H,6-9,12H2,1-2H3,(H,24,25,26);3-5H,6,8H2,1-2H3;2*1-2H3;2H,1H3/b;4-3-,7-5+;;;. The predicted molar refractivity (Wildman–Crippen MR) is 194 cm³/mol. The summed E-state index contributed by atoms with van der Waals surface area (Å²) in [4.78, 5) is 10.7. The van der Waals surface area contributed by atoms with Crippen LogP contribution >= 0.6 is 24.2 Å². The summed E-state index contributed by atoms with van der Waals surface area (Å²) in [5.74, 6) is 0.0699. The van der Waals surface area contributed by atoms with Gasteiger partial charge in [-0.3, -0.25) is 0 Å². The number of fused-ring (bicyclic) bond motifs is 1. The molecule has 0 unspecified atom stereocenters. The van der Waals surface area contributed by atoms with Gasteiger partial charge in [0.1, 0.15) is 11.6 Å². The molecule has 0 atom stereocenters. The predicted octanol–water partition coefficient (Wildman–Crippen LogP) is 7.65. The third-order valence-electron chi connectivity index (χ3n) is 6.23. The van der Waals surface area contributed by atoms with E-state index in [1.54, 1.807) is 31.4 Å². The Morgan fingerprint density at radius 1 is 1.16 bits per heavy atom. The fourth-order valence-electron chi connectivity index (χ4n) is 4.05. The molecular weight excluding hydrogens is 633 g/mol. The molecule has 12 heteroatoms. The van der Waals surface area contributed by atoms with Crippen molar-refractivity contribution in [1.29, 1.82) is 0 Å². The second kappa shape index (κ2) is 22.7. The first kappa shape index (κ1) is 42.3. The van der Waals surface area contributed by atoms with Crippen molar-refractivity contribution in [3.05, 3.63) is 76.4 Å². The van der Waals surface area contributed by atoms with Gasteiger partial charge in [-0.2, -0.15) is 12.6 Å². The first-order valence-electron chi connectivity index (χ1n) is 15.0. The van der Waals surface area contributed by atoms with Gasteiger partial charge in [0.2, 0.25) is 5.28 Å². The van der Waals surface area contributed by atoms with E-state index in [1.807, 2.05) is 70.7 Å². The SMILES string of the molecule is C/C=C\C=C(/C)CN.CC.CC.CS.Cc1c(CNc2nc(Cl)nc3cc(F)c(N4CCOCC4)cc23)cccc1S(C)(=O)=O. The van der Waals surface area contributed by atoms with E-state index in [0.717, 1.165) is 5.56 Å². The van der Waals surface area contributed by atoms with Gasteiger partial charge < -0.3 is 20.7 Å². The average molecular weight is 684 g/mol. The maximum absolute atomic E-state index is 14.8. The second-order valence-corrected chi connectivity index (χ2v) is 11.5. The molecule has 1 fully saturated rings. The van der Waals surface area contributed by atoms with E-state index < -0.39 is 9.84 Å². The Balaban J connectivity index is 0.00000118. The van der Waals surface area contributed by atoms with Gasteiger partial charge in [-0.25, -0.2) is 22.8 Å². The van der Waals surface area contributed by atoms with Crippen molar-refractivity contribution in [2.75, 3.05) is 55.6 Å². The number of anilines is 2. The van der Waals surface area contributed by atoms with Crippen molar-refractivity contribution in [2.45, 2.75) is 59.9 Å². The normalized spacial score (nSPS) is 12.9. The van der Waals surface area contributed by atoms with E-state index in [4.69, 9.17) is 22.1 Å². The molecule has 0 amide bonds. The topological polar surface area (TPSA) is 110 Å². The molecule has 2 heterocycles. The minimum absolute atomic E-state index is 0.00451. The Bertz CT molecular complexity index is 1480. The highest BCUT2D eigenvalue weighted by atomic mass is 35.5. The van der Waals surface area contributed by atoms with E-state index in [0.29, 0.717) is 67.4 Å². The number of morpholine rings is 1. The Kier molecular flexibility index (Phi) is 21.4. The lowest BCUT2D eigenvalue weighted by Crippen LogP contribution is -2.36. The van der Waals surface area contributed by atoms with E-state index in [9.17, 15) is 12.8 Å². The molecule has 3 aromatic rings. The molecule has 1 saturated heterocycles. The monoisotopic (exact) mass is 683 g/mol. The number of nitrogens with two attached hydrogens (primary N) is 1. The van der Waals surface area contributed by atoms with Crippen molar-refractivity contribution in [2.24, 2.45) is 5.73 Å². The molecule has 1 aliphatic rings. The van der Waals surface area contributed by atoms with Crippen LogP contribution in [0.3, 0.4) is 0 Å². The molecule has 0 radical (unpaired) electrons. The number of allylic oxidation sites excluding steroid dienone is 3. The molecule has 252 valence electrons. The zero-order valence-electron chi connectivity index (χ0n) is 28.1. The molecule has 0 aliphatic carbocycles. The fourth-order valence-corrected chi connectivity index (χ4v) is 5.24. The summed E-state index contributed by atoms with van der Waals surface area (Å²) in [5.41, 5.74) is 8.84. The van der Waals surface area contributed by atoms with Gasteiger partial charge in [-0.05, 0) is 61.9 Å². The second-order valence-electron chi connectivity index (χ2n) is 9.17. The number of hydrogen-bond acceptors (Lipinski definition) is 9. The summed E-state index contributed by atoms with van der Waals surface area (Å²) in [6, 6.07) is 8.21. The average Bonchev–Trinajstić information content (AvgIpc) is 3.05. The third kappa shape index (κ3) is 13.7. The molecule has 45 heavy (non-hydrogen) atoms. The van der Waals surface area contributed by atoms with Crippen LogP contribution in [0.25, 0.3) is 10.9 Å². The van der Waals surface area contributed by atoms with Crippen LogP contribution in [-0.4, -0.2) is 63.7 Å². The van der Waals surface area contributed by atoms with Crippen LogP contribution in [0.5, 0.6) is 0 Å². The van der Waals surface area contributed by atoms with Gasteiger partial charge in [0.05, 0.1) is 29.3 Å². The van der Waals surface area contributed by atoms with Crippen molar-refractivity contribution in [3.8, 4) is 0 Å². The zero-order chi connectivity index (χ0) is 34.6. The summed E-state index contributed by atoms with van der Waals surface area (Å²) in [6.45, 7) is 17.0. The van der Waals surface area contributed by atoms with Crippen LogP contribution in [0.4, 0.5) is 15.9 Å². The van der Waals surface area contributed by atoms with Crippen molar-refractivity contribution < 1.29 is 17.5 Å². The Morgan fingerprint density at radius 3 is 2.33 bits per heavy atom. The van der Waals surface area contributed by atoms with Gasteiger partial charge >= 0.3 is 0 Å². The number of rotatable bonds is 7. The number of hydrogen-bond donors (Lipinski definition) is 3. The number of nitrogens with one attached hydrogen (secondary N) is 1. The summed E-state index contributed by atoms with van der Waals surface area (Å²) < 4.78 is 44.1. The number of thiol groups is 1. The lowest BCUT2D eigenvalue weighted by atomic mass is 10.1. The molecule has 8 nitrogen and oxygen atoms in total. The minimum Gasteiger partial charge on any atom is -0.378 e. The van der Waals surface area contributed by atoms with E-state index in [-0.39, 0.29) is 16.0 Å². The lowest BCUT2D eigenvalue weighted by molar-refractivity contribution is 0.122. The number of benzene rings is 2. The van der Waals surface area contributed by atoms with Crippen molar-refractivity contribution in [1.82, 2.24) is 9.97 Å². The summed E-state index contributed by atoms with van der Waals surface area (Å²) in [6.07, 6.45) is 8.87. The summed E-state index contributed by atoms with van der Waals surface area (Å²) in [7, 11) is -3.34. The number of ether oxygens (including phenoxy) is 1. The van der Waals surface area contributed by atoms with Crippen molar-refractivity contribution >= 4 is 56.5 Å². The van der Waals surface area contributed by atoms with Crippen LogP contribution < -0.4 is 16.0 Å².